The van der Waals surface area contributed by atoms with Crippen molar-refractivity contribution in [1.29, 1.82) is 0 Å². The standard InChI is InChI=1S/C16H19N3OS/c1-5-10(2)19-9-17-14-13-11(18(3)4)7-6-8-12(13)21-15(14)16(19)20/h6-10H,5H2,1-4H3. The van der Waals surface area contributed by atoms with E-state index in [1.807, 2.05) is 27.1 Å². The van der Waals surface area contributed by atoms with Gasteiger partial charge in [0.05, 0.1) is 11.8 Å². The normalized spacial score (nSPS) is 13.0. The number of aromatic nitrogens is 2. The molecule has 0 saturated carbocycles. The molecule has 0 bridgehead atoms. The van der Waals surface area contributed by atoms with E-state index in [1.165, 1.54) is 11.3 Å². The minimum Gasteiger partial charge on any atom is -0.377 e. The Morgan fingerprint density at radius 3 is 2.81 bits per heavy atom. The summed E-state index contributed by atoms with van der Waals surface area (Å²) >= 11 is 1.54. The van der Waals surface area contributed by atoms with E-state index in [-0.39, 0.29) is 11.6 Å². The van der Waals surface area contributed by atoms with Gasteiger partial charge in [-0.2, -0.15) is 0 Å². The maximum Gasteiger partial charge on any atom is 0.271 e. The molecule has 1 aromatic carbocycles. The molecule has 1 atom stereocenters. The van der Waals surface area contributed by atoms with Crippen LogP contribution in [0.25, 0.3) is 20.3 Å². The molecule has 3 aromatic rings. The van der Waals surface area contributed by atoms with E-state index in [4.69, 9.17) is 0 Å². The maximum atomic E-state index is 12.7. The quantitative estimate of drug-likeness (QED) is 0.741. The molecule has 21 heavy (non-hydrogen) atoms. The molecule has 0 aliphatic carbocycles. The van der Waals surface area contributed by atoms with Crippen molar-refractivity contribution in [2.75, 3.05) is 19.0 Å². The minimum atomic E-state index is 0.0697. The van der Waals surface area contributed by atoms with Crippen LogP contribution in [0.2, 0.25) is 0 Å². The molecule has 0 aliphatic heterocycles. The van der Waals surface area contributed by atoms with E-state index >= 15 is 0 Å². The second-order valence-corrected chi connectivity index (χ2v) is 6.59. The number of hydrogen-bond acceptors (Lipinski definition) is 4. The predicted molar refractivity (Wildman–Crippen MR) is 90.7 cm³/mol. The fourth-order valence-electron chi connectivity index (χ4n) is 2.56. The zero-order valence-electron chi connectivity index (χ0n) is 12.8. The number of nitrogens with zero attached hydrogens (tertiary/aromatic N) is 3. The first kappa shape index (κ1) is 14.1. The molecule has 1 unspecified atom stereocenters. The second kappa shape index (κ2) is 5.15. The van der Waals surface area contributed by atoms with Crippen LogP contribution in [0.4, 0.5) is 5.69 Å². The first-order valence-corrected chi connectivity index (χ1v) is 7.96. The van der Waals surface area contributed by atoms with Crippen LogP contribution in [0.5, 0.6) is 0 Å². The van der Waals surface area contributed by atoms with Crippen molar-refractivity contribution in [3.63, 3.8) is 0 Å². The third-order valence-corrected chi connectivity index (χ3v) is 5.09. The van der Waals surface area contributed by atoms with Crippen LogP contribution >= 0.6 is 11.3 Å². The van der Waals surface area contributed by atoms with Crippen molar-refractivity contribution in [1.82, 2.24) is 9.55 Å². The lowest BCUT2D eigenvalue weighted by Crippen LogP contribution is -2.22. The molecule has 0 aliphatic rings. The van der Waals surface area contributed by atoms with Gasteiger partial charge >= 0.3 is 0 Å². The van der Waals surface area contributed by atoms with Crippen LogP contribution in [0.1, 0.15) is 26.3 Å². The Hall–Kier alpha value is -1.88. The molecular weight excluding hydrogens is 282 g/mol. The molecule has 3 rings (SSSR count). The number of thiophene rings is 1. The van der Waals surface area contributed by atoms with Gasteiger partial charge in [-0.1, -0.05) is 13.0 Å². The SMILES string of the molecule is CCC(C)n1cnc2c(sc3cccc(N(C)C)c32)c1=O. The number of fused-ring (bicyclic) bond motifs is 3. The molecule has 0 amide bonds. The van der Waals surface area contributed by atoms with E-state index < -0.39 is 0 Å². The maximum absolute atomic E-state index is 12.7. The summed E-state index contributed by atoms with van der Waals surface area (Å²) in [6.45, 7) is 4.13. The molecule has 0 spiro atoms. The van der Waals surface area contributed by atoms with Gasteiger partial charge in [0.2, 0.25) is 0 Å². The molecule has 0 fully saturated rings. The van der Waals surface area contributed by atoms with Crippen LogP contribution in [0.15, 0.2) is 29.3 Å². The third-order valence-electron chi connectivity index (χ3n) is 3.96. The van der Waals surface area contributed by atoms with Gasteiger partial charge in [-0.05, 0) is 25.5 Å². The van der Waals surface area contributed by atoms with Gasteiger partial charge in [-0.15, -0.1) is 11.3 Å². The van der Waals surface area contributed by atoms with Crippen molar-refractivity contribution in [3.05, 3.63) is 34.9 Å². The lowest BCUT2D eigenvalue weighted by atomic mass is 10.2. The zero-order chi connectivity index (χ0) is 15.1. The number of anilines is 1. The molecule has 4 nitrogen and oxygen atoms in total. The zero-order valence-corrected chi connectivity index (χ0v) is 13.6. The number of hydrogen-bond donors (Lipinski definition) is 0. The first-order chi connectivity index (χ1) is 10.0. The van der Waals surface area contributed by atoms with E-state index in [1.54, 1.807) is 10.9 Å². The first-order valence-electron chi connectivity index (χ1n) is 7.14. The van der Waals surface area contributed by atoms with Crippen LogP contribution in [0, 0.1) is 0 Å². The van der Waals surface area contributed by atoms with Crippen LogP contribution < -0.4 is 10.5 Å². The predicted octanol–water partition coefficient (Wildman–Crippen LogP) is 3.65. The average molecular weight is 301 g/mol. The summed E-state index contributed by atoms with van der Waals surface area (Å²) in [5.41, 5.74) is 2.00. The molecule has 0 radical (unpaired) electrons. The Bertz CT molecular complexity index is 863. The van der Waals surface area contributed by atoms with Gasteiger partial charge < -0.3 is 4.90 Å². The Morgan fingerprint density at radius 1 is 1.38 bits per heavy atom. The van der Waals surface area contributed by atoms with Gasteiger partial charge in [-0.3, -0.25) is 9.36 Å². The Labute approximate surface area is 127 Å². The van der Waals surface area contributed by atoms with Crippen LogP contribution in [-0.4, -0.2) is 23.6 Å². The summed E-state index contributed by atoms with van der Waals surface area (Å²) in [6.07, 6.45) is 2.61. The highest BCUT2D eigenvalue weighted by molar-refractivity contribution is 7.25. The fourth-order valence-corrected chi connectivity index (χ4v) is 3.67. The molecule has 2 heterocycles. The fraction of sp³-hybridized carbons (Fsp3) is 0.375. The summed E-state index contributed by atoms with van der Waals surface area (Å²) in [7, 11) is 4.03. The van der Waals surface area contributed by atoms with Gasteiger partial charge in [0.15, 0.2) is 0 Å². The third kappa shape index (κ3) is 2.12. The topological polar surface area (TPSA) is 38.1 Å². The summed E-state index contributed by atoms with van der Waals surface area (Å²) in [5.74, 6) is 0. The van der Waals surface area contributed by atoms with Gasteiger partial charge in [-0.25, -0.2) is 4.98 Å². The van der Waals surface area contributed by atoms with E-state index in [0.29, 0.717) is 0 Å². The van der Waals surface area contributed by atoms with Crippen molar-refractivity contribution in [3.8, 4) is 0 Å². The minimum absolute atomic E-state index is 0.0697. The highest BCUT2D eigenvalue weighted by atomic mass is 32.1. The smallest absolute Gasteiger partial charge is 0.271 e. The second-order valence-electron chi connectivity index (χ2n) is 5.54. The Balaban J connectivity index is 2.40. The largest absolute Gasteiger partial charge is 0.377 e. The summed E-state index contributed by atoms with van der Waals surface area (Å²) in [5, 5.41) is 1.08. The molecule has 0 N–H and O–H groups in total. The van der Waals surface area contributed by atoms with Gasteiger partial charge in [0.1, 0.15) is 4.70 Å². The molecule has 110 valence electrons. The van der Waals surface area contributed by atoms with Gasteiger partial charge in [0.25, 0.3) is 5.56 Å². The van der Waals surface area contributed by atoms with Crippen molar-refractivity contribution in [2.45, 2.75) is 26.3 Å². The van der Waals surface area contributed by atoms with Crippen LogP contribution in [-0.2, 0) is 0 Å². The molecule has 2 aromatic heterocycles. The van der Waals surface area contributed by atoms with E-state index in [0.717, 1.165) is 32.4 Å². The van der Waals surface area contributed by atoms with E-state index in [9.17, 15) is 4.79 Å². The average Bonchev–Trinajstić information content (AvgIpc) is 2.86. The summed E-state index contributed by atoms with van der Waals surface area (Å²) in [4.78, 5) is 19.4. The molecule has 0 saturated heterocycles. The van der Waals surface area contributed by atoms with Crippen molar-refractivity contribution >= 4 is 37.3 Å². The van der Waals surface area contributed by atoms with Crippen molar-refractivity contribution < 1.29 is 0 Å². The summed E-state index contributed by atoms with van der Waals surface area (Å²) < 4.78 is 3.61. The van der Waals surface area contributed by atoms with Gasteiger partial charge in [0, 0.05) is 35.9 Å². The Kier molecular flexibility index (Phi) is 3.45. The summed E-state index contributed by atoms with van der Waals surface area (Å²) in [6, 6.07) is 6.33. The highest BCUT2D eigenvalue weighted by Gasteiger charge is 2.16. The number of benzene rings is 1. The van der Waals surface area contributed by atoms with E-state index in [2.05, 4.69) is 28.9 Å². The molecule has 5 heteroatoms. The lowest BCUT2D eigenvalue weighted by Gasteiger charge is -2.14. The Morgan fingerprint density at radius 2 is 2.14 bits per heavy atom. The highest BCUT2D eigenvalue weighted by Crippen LogP contribution is 2.36. The monoisotopic (exact) mass is 301 g/mol. The van der Waals surface area contributed by atoms with Crippen LogP contribution in [0.3, 0.4) is 0 Å². The molecular formula is C16H19N3OS. The number of rotatable bonds is 3. The van der Waals surface area contributed by atoms with Crippen molar-refractivity contribution in [2.24, 2.45) is 0 Å². The lowest BCUT2D eigenvalue weighted by molar-refractivity contribution is 0.511.